The summed E-state index contributed by atoms with van der Waals surface area (Å²) in [5.74, 6) is 0.286. The van der Waals surface area contributed by atoms with Crippen molar-refractivity contribution in [1.29, 1.82) is 0 Å². The highest BCUT2D eigenvalue weighted by Crippen LogP contribution is 2.39. The van der Waals surface area contributed by atoms with Crippen LogP contribution in [-0.2, 0) is 11.0 Å². The number of halogens is 3. The quantitative estimate of drug-likeness (QED) is 0.746. The number of likely N-dealkylation sites (N-methyl/N-ethyl adjacent to an activating group) is 1. The van der Waals surface area contributed by atoms with E-state index in [2.05, 4.69) is 28.8 Å². The third-order valence-corrected chi connectivity index (χ3v) is 6.22. The van der Waals surface area contributed by atoms with Gasteiger partial charge in [0.05, 0.1) is 17.0 Å². The van der Waals surface area contributed by atoms with Crippen LogP contribution < -0.4 is 4.90 Å². The van der Waals surface area contributed by atoms with Gasteiger partial charge < -0.3 is 14.7 Å². The topological polar surface area (TPSA) is 39.7 Å². The van der Waals surface area contributed by atoms with E-state index in [9.17, 15) is 18.0 Å². The minimum atomic E-state index is -4.46. The Hall–Kier alpha value is -2.35. The molecule has 0 aliphatic carbocycles. The minimum Gasteiger partial charge on any atom is -0.370 e. The summed E-state index contributed by atoms with van der Waals surface area (Å²) in [4.78, 5) is 23.4. The number of anilines is 1. The van der Waals surface area contributed by atoms with Gasteiger partial charge in [-0.3, -0.25) is 9.78 Å². The molecule has 2 aliphatic rings. The summed E-state index contributed by atoms with van der Waals surface area (Å²) in [7, 11) is 2.05. The molecule has 2 aromatic rings. The lowest BCUT2D eigenvalue weighted by atomic mass is 9.88. The highest BCUT2D eigenvalue weighted by atomic mass is 19.4. The van der Waals surface area contributed by atoms with Crippen molar-refractivity contribution < 1.29 is 18.0 Å². The van der Waals surface area contributed by atoms with Crippen LogP contribution in [0.5, 0.6) is 0 Å². The third-order valence-electron chi connectivity index (χ3n) is 6.22. The zero-order valence-electron chi connectivity index (χ0n) is 17.3. The second kappa shape index (κ2) is 8.06. The molecule has 2 atom stereocenters. The van der Waals surface area contributed by atoms with Gasteiger partial charge in [0, 0.05) is 56.5 Å². The number of rotatable bonds is 2. The average molecular weight is 420 g/mol. The first kappa shape index (κ1) is 20.9. The number of hydrogen-bond acceptors (Lipinski definition) is 4. The molecule has 162 valence electrons. The van der Waals surface area contributed by atoms with Crippen LogP contribution in [0, 0.1) is 11.8 Å². The van der Waals surface area contributed by atoms with Gasteiger partial charge in [-0.05, 0) is 43.7 Å². The molecule has 2 fully saturated rings. The van der Waals surface area contributed by atoms with Gasteiger partial charge >= 0.3 is 6.18 Å². The summed E-state index contributed by atoms with van der Waals surface area (Å²) >= 11 is 0. The number of amides is 1. The van der Waals surface area contributed by atoms with Gasteiger partial charge in [0.25, 0.3) is 0 Å². The summed E-state index contributed by atoms with van der Waals surface area (Å²) in [6.45, 7) is 6.52. The standard InChI is InChI=1S/C22H27F3N4O/c1-15-12-16(21(30)28-10-8-27(2)9-11-28)14-29(13-15)19-6-5-18(22(23,24)25)20-17(19)4-3-7-26-20/h3-7,15-16H,8-14H2,1-2H3. The van der Waals surface area contributed by atoms with Crippen molar-refractivity contribution in [1.82, 2.24) is 14.8 Å². The Morgan fingerprint density at radius 3 is 2.53 bits per heavy atom. The number of aromatic nitrogens is 1. The molecule has 3 heterocycles. The van der Waals surface area contributed by atoms with Crippen molar-refractivity contribution in [2.24, 2.45) is 11.8 Å². The first-order chi connectivity index (χ1) is 14.2. The van der Waals surface area contributed by atoms with Gasteiger partial charge in [-0.2, -0.15) is 13.2 Å². The summed E-state index contributed by atoms with van der Waals surface area (Å²) < 4.78 is 40.3. The molecular formula is C22H27F3N4O. The lowest BCUT2D eigenvalue weighted by Crippen LogP contribution is -2.52. The molecule has 1 amide bonds. The van der Waals surface area contributed by atoms with Crippen LogP contribution in [0.25, 0.3) is 10.9 Å². The average Bonchev–Trinajstić information content (AvgIpc) is 2.71. The molecule has 5 nitrogen and oxygen atoms in total. The number of fused-ring (bicyclic) bond motifs is 1. The Labute approximate surface area is 174 Å². The van der Waals surface area contributed by atoms with Gasteiger partial charge in [0.1, 0.15) is 0 Å². The zero-order chi connectivity index (χ0) is 21.5. The molecule has 2 unspecified atom stereocenters. The number of carbonyl (C=O) groups is 1. The fourth-order valence-corrected chi connectivity index (χ4v) is 4.67. The maximum Gasteiger partial charge on any atom is 0.418 e. The van der Waals surface area contributed by atoms with Crippen molar-refractivity contribution in [2.75, 3.05) is 51.2 Å². The summed E-state index contributed by atoms with van der Waals surface area (Å²) in [6, 6.07) is 5.99. The van der Waals surface area contributed by atoms with Crippen LogP contribution in [0.1, 0.15) is 18.9 Å². The number of piperazine rings is 1. The zero-order valence-corrected chi connectivity index (χ0v) is 17.3. The van der Waals surface area contributed by atoms with Gasteiger partial charge in [0.2, 0.25) is 5.91 Å². The maximum absolute atomic E-state index is 13.4. The SMILES string of the molecule is CC1CC(C(=O)N2CCN(C)CC2)CN(c2ccc(C(F)(F)F)c3ncccc23)C1. The van der Waals surface area contributed by atoms with E-state index < -0.39 is 11.7 Å². The Balaban J connectivity index is 1.62. The number of hydrogen-bond donors (Lipinski definition) is 0. The van der Waals surface area contributed by atoms with Crippen molar-refractivity contribution in [3.8, 4) is 0 Å². The number of nitrogens with zero attached hydrogens (tertiary/aromatic N) is 4. The molecule has 0 bridgehead atoms. The van der Waals surface area contributed by atoms with E-state index in [-0.39, 0.29) is 23.3 Å². The van der Waals surface area contributed by atoms with Crippen LogP contribution >= 0.6 is 0 Å². The first-order valence-corrected chi connectivity index (χ1v) is 10.4. The van der Waals surface area contributed by atoms with E-state index >= 15 is 0 Å². The number of pyridine rings is 1. The van der Waals surface area contributed by atoms with Crippen LogP contribution in [-0.4, -0.2) is 67.0 Å². The van der Waals surface area contributed by atoms with E-state index in [4.69, 9.17) is 0 Å². The number of benzene rings is 1. The molecule has 30 heavy (non-hydrogen) atoms. The minimum absolute atomic E-state index is 0.0392. The molecule has 1 aromatic heterocycles. The van der Waals surface area contributed by atoms with Crippen molar-refractivity contribution in [3.63, 3.8) is 0 Å². The van der Waals surface area contributed by atoms with Crippen molar-refractivity contribution in [2.45, 2.75) is 19.5 Å². The maximum atomic E-state index is 13.4. The number of alkyl halides is 3. The predicted molar refractivity (Wildman–Crippen MR) is 110 cm³/mol. The fourth-order valence-electron chi connectivity index (χ4n) is 4.67. The smallest absolute Gasteiger partial charge is 0.370 e. The predicted octanol–water partition coefficient (Wildman–Crippen LogP) is 3.49. The Bertz CT molecular complexity index is 924. The molecule has 8 heteroatoms. The monoisotopic (exact) mass is 420 g/mol. The molecule has 0 saturated carbocycles. The molecule has 0 N–H and O–H groups in total. The largest absolute Gasteiger partial charge is 0.418 e. The molecule has 1 aromatic carbocycles. The molecule has 2 aliphatic heterocycles. The molecule has 2 saturated heterocycles. The summed E-state index contributed by atoms with van der Waals surface area (Å²) in [5, 5.41) is 0.479. The van der Waals surface area contributed by atoms with E-state index in [1.54, 1.807) is 12.1 Å². The van der Waals surface area contributed by atoms with Gasteiger partial charge in [-0.25, -0.2) is 0 Å². The van der Waals surface area contributed by atoms with E-state index in [1.807, 2.05) is 4.90 Å². The van der Waals surface area contributed by atoms with E-state index in [0.29, 0.717) is 24.2 Å². The van der Waals surface area contributed by atoms with Crippen LogP contribution in [0.4, 0.5) is 18.9 Å². The highest BCUT2D eigenvalue weighted by molar-refractivity contribution is 5.94. The number of carbonyl (C=O) groups excluding carboxylic acids is 1. The molecule has 0 spiro atoms. The Morgan fingerprint density at radius 1 is 1.10 bits per heavy atom. The van der Waals surface area contributed by atoms with E-state index in [0.717, 1.165) is 38.7 Å². The lowest BCUT2D eigenvalue weighted by molar-refractivity contribution is -0.138. The number of piperidine rings is 1. The molecule has 4 rings (SSSR count). The first-order valence-electron chi connectivity index (χ1n) is 10.4. The third kappa shape index (κ3) is 4.10. The van der Waals surface area contributed by atoms with Crippen molar-refractivity contribution >= 4 is 22.5 Å². The van der Waals surface area contributed by atoms with Crippen LogP contribution in [0.3, 0.4) is 0 Å². The van der Waals surface area contributed by atoms with Crippen LogP contribution in [0.2, 0.25) is 0 Å². The van der Waals surface area contributed by atoms with Gasteiger partial charge in [0.15, 0.2) is 0 Å². The van der Waals surface area contributed by atoms with Gasteiger partial charge in [-0.1, -0.05) is 6.92 Å². The van der Waals surface area contributed by atoms with E-state index in [1.165, 1.54) is 12.3 Å². The normalized spacial score (nSPS) is 23.8. The Kier molecular flexibility index (Phi) is 5.61. The summed E-state index contributed by atoms with van der Waals surface area (Å²) in [5.41, 5.74) is -0.0477. The van der Waals surface area contributed by atoms with Crippen LogP contribution in [0.15, 0.2) is 30.5 Å². The van der Waals surface area contributed by atoms with Crippen molar-refractivity contribution in [3.05, 3.63) is 36.0 Å². The molecular weight excluding hydrogens is 393 g/mol. The summed E-state index contributed by atoms with van der Waals surface area (Å²) in [6.07, 6.45) is -2.27. The second-order valence-corrected chi connectivity index (χ2v) is 8.60. The molecule has 0 radical (unpaired) electrons. The second-order valence-electron chi connectivity index (χ2n) is 8.60. The van der Waals surface area contributed by atoms with Gasteiger partial charge in [-0.15, -0.1) is 0 Å². The lowest BCUT2D eigenvalue weighted by Gasteiger charge is -2.41. The fraction of sp³-hybridized carbons (Fsp3) is 0.545. The highest BCUT2D eigenvalue weighted by Gasteiger charge is 2.36. The Morgan fingerprint density at radius 2 is 1.83 bits per heavy atom.